The van der Waals surface area contributed by atoms with E-state index in [4.69, 9.17) is 4.74 Å². The molecule has 0 saturated carbocycles. The highest BCUT2D eigenvalue weighted by atomic mass is 16.5. The van der Waals surface area contributed by atoms with Crippen LogP contribution in [0.3, 0.4) is 0 Å². The highest BCUT2D eigenvalue weighted by Crippen LogP contribution is 2.19. The monoisotopic (exact) mass is 416 g/mol. The summed E-state index contributed by atoms with van der Waals surface area (Å²) in [6.45, 7) is 5.31. The Balaban J connectivity index is 1.65. The fraction of sp³-hybridized carbons (Fsp3) is 0.160. The van der Waals surface area contributed by atoms with Crippen LogP contribution in [0.2, 0.25) is 0 Å². The Kier molecular flexibility index (Phi) is 6.82. The van der Waals surface area contributed by atoms with Crippen LogP contribution < -0.4 is 10.6 Å². The smallest absolute Gasteiger partial charge is 0.340 e. The molecule has 2 N–H and O–H groups in total. The molecular formula is C25H24N2O4. The van der Waals surface area contributed by atoms with Gasteiger partial charge in [-0.3, -0.25) is 9.59 Å². The van der Waals surface area contributed by atoms with Crippen molar-refractivity contribution in [3.05, 3.63) is 94.5 Å². The molecule has 0 atom stereocenters. The molecule has 2 amide bonds. The van der Waals surface area contributed by atoms with Crippen molar-refractivity contribution in [2.45, 2.75) is 20.8 Å². The van der Waals surface area contributed by atoms with Crippen molar-refractivity contribution < 1.29 is 19.1 Å². The fourth-order valence-electron chi connectivity index (χ4n) is 3.03. The molecule has 0 bridgehead atoms. The van der Waals surface area contributed by atoms with Crippen LogP contribution in [0, 0.1) is 20.8 Å². The molecule has 0 spiro atoms. The minimum absolute atomic E-state index is 0.169. The molecule has 0 radical (unpaired) electrons. The van der Waals surface area contributed by atoms with Crippen LogP contribution in [-0.2, 0) is 9.53 Å². The molecule has 0 aromatic heterocycles. The third-order valence-electron chi connectivity index (χ3n) is 4.89. The predicted molar refractivity (Wildman–Crippen MR) is 120 cm³/mol. The van der Waals surface area contributed by atoms with Crippen LogP contribution in [0.5, 0.6) is 0 Å². The number of benzene rings is 3. The Bertz CT molecular complexity index is 1140. The van der Waals surface area contributed by atoms with Gasteiger partial charge in [-0.25, -0.2) is 4.79 Å². The van der Waals surface area contributed by atoms with Crippen LogP contribution in [0.1, 0.15) is 37.4 Å². The van der Waals surface area contributed by atoms with E-state index < -0.39 is 18.5 Å². The normalized spacial score (nSPS) is 10.3. The number of amides is 2. The predicted octanol–water partition coefficient (Wildman–Crippen LogP) is 4.66. The SMILES string of the molecule is Cc1cccc(C(=O)Nc2ccccc2C(=O)OCC(=O)Nc2cccc(C)c2C)c1. The molecule has 6 heteroatoms. The molecule has 6 nitrogen and oxygen atoms in total. The lowest BCUT2D eigenvalue weighted by molar-refractivity contribution is -0.119. The fourth-order valence-corrected chi connectivity index (χ4v) is 3.03. The molecule has 0 fully saturated rings. The summed E-state index contributed by atoms with van der Waals surface area (Å²) in [7, 11) is 0. The highest BCUT2D eigenvalue weighted by Gasteiger charge is 2.17. The first-order valence-corrected chi connectivity index (χ1v) is 9.85. The molecule has 3 aromatic carbocycles. The van der Waals surface area contributed by atoms with E-state index in [2.05, 4.69) is 10.6 Å². The minimum Gasteiger partial charge on any atom is -0.452 e. The van der Waals surface area contributed by atoms with Crippen molar-refractivity contribution in [3.63, 3.8) is 0 Å². The van der Waals surface area contributed by atoms with Gasteiger partial charge in [-0.15, -0.1) is 0 Å². The summed E-state index contributed by atoms with van der Waals surface area (Å²) in [5, 5.41) is 5.48. The van der Waals surface area contributed by atoms with Crippen LogP contribution in [-0.4, -0.2) is 24.4 Å². The second-order valence-corrected chi connectivity index (χ2v) is 7.24. The zero-order chi connectivity index (χ0) is 22.4. The third kappa shape index (κ3) is 5.57. The minimum atomic E-state index is -0.698. The number of carbonyl (C=O) groups is 3. The number of para-hydroxylation sites is 1. The zero-order valence-corrected chi connectivity index (χ0v) is 17.7. The van der Waals surface area contributed by atoms with E-state index in [1.807, 2.05) is 39.0 Å². The maximum absolute atomic E-state index is 12.6. The largest absolute Gasteiger partial charge is 0.452 e. The van der Waals surface area contributed by atoms with E-state index in [9.17, 15) is 14.4 Å². The van der Waals surface area contributed by atoms with Crippen molar-refractivity contribution in [1.82, 2.24) is 0 Å². The van der Waals surface area contributed by atoms with E-state index in [0.29, 0.717) is 16.9 Å². The van der Waals surface area contributed by atoms with Gasteiger partial charge in [0.2, 0.25) is 0 Å². The number of aryl methyl sites for hydroxylation is 2. The number of anilines is 2. The molecule has 158 valence electrons. The number of ether oxygens (including phenoxy) is 1. The van der Waals surface area contributed by atoms with Gasteiger partial charge >= 0.3 is 5.97 Å². The summed E-state index contributed by atoms with van der Waals surface area (Å²) in [4.78, 5) is 37.3. The second-order valence-electron chi connectivity index (χ2n) is 7.24. The number of esters is 1. The first kappa shape index (κ1) is 21.8. The molecule has 0 unspecified atom stereocenters. The van der Waals surface area contributed by atoms with Crippen molar-refractivity contribution in [1.29, 1.82) is 0 Å². The van der Waals surface area contributed by atoms with Crippen LogP contribution in [0.25, 0.3) is 0 Å². The summed E-state index contributed by atoms with van der Waals surface area (Å²) in [6, 6.07) is 19.2. The summed E-state index contributed by atoms with van der Waals surface area (Å²) in [5.74, 6) is -1.48. The molecule has 0 heterocycles. The van der Waals surface area contributed by atoms with Gasteiger partial charge in [0.25, 0.3) is 11.8 Å². The molecule has 0 saturated heterocycles. The summed E-state index contributed by atoms with van der Waals surface area (Å²) in [6.07, 6.45) is 0. The van der Waals surface area contributed by atoms with Gasteiger partial charge in [0.05, 0.1) is 11.3 Å². The maximum atomic E-state index is 12.6. The first-order valence-electron chi connectivity index (χ1n) is 9.85. The van der Waals surface area contributed by atoms with E-state index in [-0.39, 0.29) is 11.5 Å². The van der Waals surface area contributed by atoms with Gasteiger partial charge in [0, 0.05) is 11.3 Å². The van der Waals surface area contributed by atoms with Crippen molar-refractivity contribution in [2.75, 3.05) is 17.2 Å². The topological polar surface area (TPSA) is 84.5 Å². The molecule has 0 aliphatic rings. The Labute approximate surface area is 181 Å². The van der Waals surface area contributed by atoms with Crippen molar-refractivity contribution in [2.24, 2.45) is 0 Å². The van der Waals surface area contributed by atoms with E-state index in [1.165, 1.54) is 6.07 Å². The summed E-state index contributed by atoms with van der Waals surface area (Å²) >= 11 is 0. The first-order chi connectivity index (χ1) is 14.8. The van der Waals surface area contributed by atoms with Crippen molar-refractivity contribution >= 4 is 29.2 Å². The second kappa shape index (κ2) is 9.71. The average Bonchev–Trinajstić information content (AvgIpc) is 2.75. The molecule has 0 aliphatic heterocycles. The number of nitrogens with one attached hydrogen (secondary N) is 2. The summed E-state index contributed by atoms with van der Waals surface area (Å²) in [5.41, 5.74) is 4.59. The quantitative estimate of drug-likeness (QED) is 0.573. The number of carbonyl (C=O) groups excluding carboxylic acids is 3. The Hall–Kier alpha value is -3.93. The number of hydrogen-bond acceptors (Lipinski definition) is 4. The molecule has 3 aromatic rings. The third-order valence-corrected chi connectivity index (χ3v) is 4.89. The lowest BCUT2D eigenvalue weighted by Gasteiger charge is -2.12. The highest BCUT2D eigenvalue weighted by molar-refractivity contribution is 6.08. The zero-order valence-electron chi connectivity index (χ0n) is 17.7. The number of rotatable bonds is 6. The van der Waals surface area contributed by atoms with Crippen LogP contribution >= 0.6 is 0 Å². The number of hydrogen-bond donors (Lipinski definition) is 2. The van der Waals surface area contributed by atoms with Gasteiger partial charge in [0.15, 0.2) is 6.61 Å². The van der Waals surface area contributed by atoms with Gasteiger partial charge < -0.3 is 15.4 Å². The molecular weight excluding hydrogens is 392 g/mol. The van der Waals surface area contributed by atoms with Crippen LogP contribution in [0.15, 0.2) is 66.7 Å². The lowest BCUT2D eigenvalue weighted by Crippen LogP contribution is -2.22. The van der Waals surface area contributed by atoms with Crippen LogP contribution in [0.4, 0.5) is 11.4 Å². The Morgan fingerprint density at radius 2 is 1.52 bits per heavy atom. The lowest BCUT2D eigenvalue weighted by atomic mass is 10.1. The molecule has 3 rings (SSSR count). The van der Waals surface area contributed by atoms with Gasteiger partial charge in [-0.1, -0.05) is 42.0 Å². The Morgan fingerprint density at radius 3 is 2.29 bits per heavy atom. The van der Waals surface area contributed by atoms with Gasteiger partial charge in [0.1, 0.15) is 0 Å². The summed E-state index contributed by atoms with van der Waals surface area (Å²) < 4.78 is 5.18. The van der Waals surface area contributed by atoms with Gasteiger partial charge in [-0.05, 0) is 62.2 Å². The van der Waals surface area contributed by atoms with E-state index in [0.717, 1.165) is 16.7 Å². The average molecular weight is 416 g/mol. The molecule has 0 aliphatic carbocycles. The van der Waals surface area contributed by atoms with Gasteiger partial charge in [-0.2, -0.15) is 0 Å². The standard InChI is InChI=1S/C25H24N2O4/c1-16-8-6-10-19(14-16)24(29)27-22-12-5-4-11-20(22)25(30)31-15-23(28)26-21-13-7-9-17(2)18(21)3/h4-14H,15H2,1-3H3,(H,26,28)(H,27,29). The molecule has 31 heavy (non-hydrogen) atoms. The maximum Gasteiger partial charge on any atom is 0.340 e. The van der Waals surface area contributed by atoms with E-state index >= 15 is 0 Å². The van der Waals surface area contributed by atoms with Crippen molar-refractivity contribution in [3.8, 4) is 0 Å². The van der Waals surface area contributed by atoms with E-state index in [1.54, 1.807) is 42.5 Å². The Morgan fingerprint density at radius 1 is 0.806 bits per heavy atom.